The Morgan fingerprint density at radius 3 is 2.47 bits per heavy atom. The van der Waals surface area contributed by atoms with Crippen molar-refractivity contribution in [3.05, 3.63) is 59.8 Å². The van der Waals surface area contributed by atoms with E-state index in [-0.39, 0.29) is 29.4 Å². The van der Waals surface area contributed by atoms with Crippen molar-refractivity contribution in [1.82, 2.24) is 4.98 Å². The predicted molar refractivity (Wildman–Crippen MR) is 120 cm³/mol. The molecular formula is C24H27N3O3. The van der Waals surface area contributed by atoms with Crippen LogP contribution in [-0.2, 0) is 16.0 Å². The fraction of sp³-hybridized carbons (Fsp3) is 0.292. The fourth-order valence-corrected chi connectivity index (χ4v) is 3.28. The number of nitrogens with one attached hydrogen (secondary N) is 2. The second kappa shape index (κ2) is 8.95. The van der Waals surface area contributed by atoms with Crippen LogP contribution in [0.15, 0.2) is 48.7 Å². The molecule has 3 rings (SSSR count). The number of rotatable bonds is 6. The lowest BCUT2D eigenvalue weighted by Gasteiger charge is -2.19. The Morgan fingerprint density at radius 1 is 1.03 bits per heavy atom. The van der Waals surface area contributed by atoms with E-state index < -0.39 is 0 Å². The van der Waals surface area contributed by atoms with E-state index >= 15 is 0 Å². The summed E-state index contributed by atoms with van der Waals surface area (Å²) in [6.45, 7) is 7.48. The monoisotopic (exact) mass is 405 g/mol. The molecule has 1 unspecified atom stereocenters. The number of nitrogens with zero attached hydrogens (tertiary/aromatic N) is 1. The fourth-order valence-electron chi connectivity index (χ4n) is 3.28. The molecule has 0 saturated heterocycles. The predicted octanol–water partition coefficient (Wildman–Crippen LogP) is 4.66. The van der Waals surface area contributed by atoms with Gasteiger partial charge >= 0.3 is 0 Å². The van der Waals surface area contributed by atoms with E-state index in [2.05, 4.69) is 15.6 Å². The highest BCUT2D eigenvalue weighted by Gasteiger charge is 2.20. The van der Waals surface area contributed by atoms with Crippen LogP contribution in [0, 0.1) is 18.8 Å². The number of phenols is 1. The van der Waals surface area contributed by atoms with Crippen LogP contribution < -0.4 is 10.6 Å². The van der Waals surface area contributed by atoms with Crippen LogP contribution in [0.4, 0.5) is 11.4 Å². The number of fused-ring (bicyclic) bond motifs is 1. The Bertz CT molecular complexity index is 1090. The zero-order chi connectivity index (χ0) is 21.8. The van der Waals surface area contributed by atoms with Gasteiger partial charge < -0.3 is 15.7 Å². The Labute approximate surface area is 176 Å². The highest BCUT2D eigenvalue weighted by Crippen LogP contribution is 2.31. The van der Waals surface area contributed by atoms with E-state index in [4.69, 9.17) is 0 Å². The average molecular weight is 405 g/mol. The van der Waals surface area contributed by atoms with Gasteiger partial charge in [-0.25, -0.2) is 0 Å². The molecule has 6 nitrogen and oxygen atoms in total. The van der Waals surface area contributed by atoms with Crippen LogP contribution in [0.2, 0.25) is 0 Å². The molecule has 156 valence electrons. The summed E-state index contributed by atoms with van der Waals surface area (Å²) < 4.78 is 0. The highest BCUT2D eigenvalue weighted by molar-refractivity contribution is 6.03. The van der Waals surface area contributed by atoms with Crippen molar-refractivity contribution in [2.24, 2.45) is 11.8 Å². The zero-order valence-electron chi connectivity index (χ0n) is 17.7. The van der Waals surface area contributed by atoms with Gasteiger partial charge in [-0.15, -0.1) is 0 Å². The zero-order valence-corrected chi connectivity index (χ0v) is 17.7. The average Bonchev–Trinajstić information content (AvgIpc) is 2.72. The molecule has 30 heavy (non-hydrogen) atoms. The molecule has 0 aliphatic heterocycles. The second-order valence-corrected chi connectivity index (χ2v) is 7.86. The van der Waals surface area contributed by atoms with Gasteiger partial charge in [-0.2, -0.15) is 0 Å². The first-order chi connectivity index (χ1) is 14.3. The summed E-state index contributed by atoms with van der Waals surface area (Å²) in [6.07, 6.45) is 2.19. The third kappa shape index (κ3) is 4.59. The summed E-state index contributed by atoms with van der Waals surface area (Å²) in [5.41, 5.74) is 3.76. The molecule has 0 aliphatic carbocycles. The van der Waals surface area contributed by atoms with Crippen LogP contribution in [0.25, 0.3) is 10.9 Å². The molecule has 3 N–H and O–H groups in total. The van der Waals surface area contributed by atoms with Crippen LogP contribution in [0.3, 0.4) is 0 Å². The van der Waals surface area contributed by atoms with Crippen molar-refractivity contribution < 1.29 is 14.7 Å². The standard InChI is InChI=1S/C24H27N3O3/c1-14(2)23(29)27-22-16(4)17(13-20-18(22)8-7-11-25-20)12-15(3)24(30)26-19-9-5-6-10-21(19)28/h5-11,13-15,28H,12H2,1-4H3,(H,26,30)(H,27,29). The lowest BCUT2D eigenvalue weighted by molar-refractivity contribution is -0.120. The largest absolute Gasteiger partial charge is 0.506 e. The maximum atomic E-state index is 12.7. The molecule has 0 radical (unpaired) electrons. The minimum atomic E-state index is -0.349. The molecule has 6 heteroatoms. The van der Waals surface area contributed by atoms with E-state index in [1.54, 1.807) is 24.4 Å². The first-order valence-electron chi connectivity index (χ1n) is 10.0. The molecule has 1 aromatic heterocycles. The van der Waals surface area contributed by atoms with Crippen LogP contribution in [0.1, 0.15) is 31.9 Å². The lowest BCUT2D eigenvalue weighted by atomic mass is 9.93. The van der Waals surface area contributed by atoms with E-state index in [0.29, 0.717) is 12.1 Å². The van der Waals surface area contributed by atoms with Gasteiger partial charge in [0.05, 0.1) is 16.9 Å². The summed E-state index contributed by atoms with van der Waals surface area (Å²) in [6, 6.07) is 12.4. The summed E-state index contributed by atoms with van der Waals surface area (Å²) in [7, 11) is 0. The molecule has 2 aromatic carbocycles. The highest BCUT2D eigenvalue weighted by atomic mass is 16.3. The SMILES string of the molecule is Cc1c(CC(C)C(=O)Nc2ccccc2O)cc2ncccc2c1NC(=O)C(C)C. The van der Waals surface area contributed by atoms with Crippen molar-refractivity contribution >= 4 is 34.1 Å². The number of hydrogen-bond donors (Lipinski definition) is 3. The van der Waals surface area contributed by atoms with Gasteiger partial charge in [0.1, 0.15) is 5.75 Å². The number of phenolic OH excluding ortho intramolecular Hbond substituents is 1. The van der Waals surface area contributed by atoms with E-state index in [0.717, 1.165) is 27.7 Å². The van der Waals surface area contributed by atoms with Gasteiger partial charge in [-0.3, -0.25) is 14.6 Å². The first kappa shape index (κ1) is 21.3. The number of anilines is 2. The Kier molecular flexibility index (Phi) is 6.35. The summed E-state index contributed by atoms with van der Waals surface area (Å²) in [5, 5.41) is 16.6. The van der Waals surface area contributed by atoms with Crippen LogP contribution in [0.5, 0.6) is 5.75 Å². The van der Waals surface area contributed by atoms with Crippen molar-refractivity contribution in [2.75, 3.05) is 10.6 Å². The minimum absolute atomic E-state index is 0.0304. The topological polar surface area (TPSA) is 91.3 Å². The lowest BCUT2D eigenvalue weighted by Crippen LogP contribution is -2.23. The summed E-state index contributed by atoms with van der Waals surface area (Å²) in [5.74, 6) is -0.723. The number of carbonyl (C=O) groups is 2. The normalized spacial score (nSPS) is 12.0. The van der Waals surface area contributed by atoms with Gasteiger partial charge in [0.15, 0.2) is 0 Å². The molecular weight excluding hydrogens is 378 g/mol. The first-order valence-corrected chi connectivity index (χ1v) is 10.0. The molecule has 1 atom stereocenters. The van der Waals surface area contributed by atoms with Crippen molar-refractivity contribution in [1.29, 1.82) is 0 Å². The third-order valence-corrected chi connectivity index (χ3v) is 5.18. The Balaban J connectivity index is 1.90. The number of amides is 2. The van der Waals surface area contributed by atoms with E-state index in [1.165, 1.54) is 6.07 Å². The molecule has 1 heterocycles. The van der Waals surface area contributed by atoms with Gasteiger partial charge in [0, 0.05) is 23.4 Å². The molecule has 3 aromatic rings. The van der Waals surface area contributed by atoms with Crippen molar-refractivity contribution in [3.63, 3.8) is 0 Å². The van der Waals surface area contributed by atoms with E-state index in [9.17, 15) is 14.7 Å². The van der Waals surface area contributed by atoms with Crippen LogP contribution in [-0.4, -0.2) is 21.9 Å². The third-order valence-electron chi connectivity index (χ3n) is 5.18. The van der Waals surface area contributed by atoms with Crippen molar-refractivity contribution in [2.45, 2.75) is 34.1 Å². The quantitative estimate of drug-likeness (QED) is 0.520. The Hall–Kier alpha value is -3.41. The van der Waals surface area contributed by atoms with E-state index in [1.807, 2.05) is 45.9 Å². The maximum Gasteiger partial charge on any atom is 0.227 e. The van der Waals surface area contributed by atoms with Gasteiger partial charge in [-0.05, 0) is 54.8 Å². The molecule has 0 fully saturated rings. The second-order valence-electron chi connectivity index (χ2n) is 7.86. The number of hydrogen-bond acceptors (Lipinski definition) is 4. The van der Waals surface area contributed by atoms with Gasteiger partial charge in [0.25, 0.3) is 0 Å². The summed E-state index contributed by atoms with van der Waals surface area (Å²) >= 11 is 0. The van der Waals surface area contributed by atoms with Crippen LogP contribution >= 0.6 is 0 Å². The molecule has 0 bridgehead atoms. The smallest absolute Gasteiger partial charge is 0.227 e. The molecule has 0 spiro atoms. The maximum absolute atomic E-state index is 12.7. The number of benzene rings is 2. The minimum Gasteiger partial charge on any atom is -0.506 e. The number of para-hydroxylation sites is 2. The molecule has 0 aliphatic rings. The van der Waals surface area contributed by atoms with Crippen molar-refractivity contribution in [3.8, 4) is 5.75 Å². The number of aromatic hydroxyl groups is 1. The van der Waals surface area contributed by atoms with Gasteiger partial charge in [0.2, 0.25) is 11.8 Å². The number of aromatic nitrogens is 1. The Morgan fingerprint density at radius 2 is 1.77 bits per heavy atom. The molecule has 2 amide bonds. The number of carbonyl (C=O) groups excluding carboxylic acids is 2. The number of pyridine rings is 1. The summed E-state index contributed by atoms with van der Waals surface area (Å²) in [4.78, 5) is 29.5. The molecule has 0 saturated carbocycles. The van der Waals surface area contributed by atoms with Gasteiger partial charge in [-0.1, -0.05) is 32.9 Å².